The lowest BCUT2D eigenvalue weighted by Crippen LogP contribution is -2.16. The van der Waals surface area contributed by atoms with E-state index in [2.05, 4.69) is 26.9 Å². The predicted octanol–water partition coefficient (Wildman–Crippen LogP) is 5.39. The number of halogens is 1. The van der Waals surface area contributed by atoms with Gasteiger partial charge in [0, 0.05) is 10.7 Å². The molecule has 0 aliphatic carbocycles. The average molecular weight is 439 g/mol. The molecule has 8 heteroatoms. The first-order chi connectivity index (χ1) is 14.5. The number of fused-ring (bicyclic) bond motifs is 1. The number of nitrogens with zero attached hydrogens (tertiary/aromatic N) is 2. The van der Waals surface area contributed by atoms with Gasteiger partial charge >= 0.3 is 0 Å². The van der Waals surface area contributed by atoms with Gasteiger partial charge in [-0.3, -0.25) is 4.72 Å². The molecule has 0 radical (unpaired) electrons. The fourth-order valence-electron chi connectivity index (χ4n) is 3.04. The van der Waals surface area contributed by atoms with Crippen molar-refractivity contribution in [1.29, 1.82) is 0 Å². The van der Waals surface area contributed by atoms with E-state index in [9.17, 15) is 8.42 Å². The van der Waals surface area contributed by atoms with Crippen molar-refractivity contribution in [3.05, 3.63) is 83.4 Å². The van der Waals surface area contributed by atoms with E-state index < -0.39 is 10.0 Å². The second-order valence-electron chi connectivity index (χ2n) is 6.60. The molecular weight excluding hydrogens is 420 g/mol. The van der Waals surface area contributed by atoms with Crippen LogP contribution in [0.25, 0.3) is 11.0 Å². The molecular formula is C22H19ClN4O2S. The summed E-state index contributed by atoms with van der Waals surface area (Å²) in [6.45, 7) is 2.05. The van der Waals surface area contributed by atoms with Crippen molar-refractivity contribution in [2.45, 2.75) is 18.2 Å². The molecule has 1 aromatic heterocycles. The van der Waals surface area contributed by atoms with Crippen molar-refractivity contribution in [2.75, 3.05) is 10.0 Å². The number of hydrogen-bond donors (Lipinski definition) is 2. The third-order valence-corrected chi connectivity index (χ3v) is 6.18. The second kappa shape index (κ2) is 8.30. The van der Waals surface area contributed by atoms with Crippen molar-refractivity contribution < 1.29 is 8.42 Å². The molecule has 4 rings (SSSR count). The molecule has 0 bridgehead atoms. The summed E-state index contributed by atoms with van der Waals surface area (Å²) in [6.07, 6.45) is 0.815. The molecule has 0 spiro atoms. The molecule has 0 saturated heterocycles. The Bertz CT molecular complexity index is 1310. The van der Waals surface area contributed by atoms with Crippen molar-refractivity contribution in [3.8, 4) is 0 Å². The van der Waals surface area contributed by atoms with Gasteiger partial charge in [-0.25, -0.2) is 18.4 Å². The number of nitrogens with one attached hydrogen (secondary N) is 2. The Morgan fingerprint density at radius 1 is 0.833 bits per heavy atom. The number of aryl methyl sites for hydroxylation is 1. The Hall–Kier alpha value is -3.16. The van der Waals surface area contributed by atoms with Crippen molar-refractivity contribution in [3.63, 3.8) is 0 Å². The Kier molecular flexibility index (Phi) is 5.57. The van der Waals surface area contributed by atoms with Gasteiger partial charge in [-0.15, -0.1) is 0 Å². The molecule has 152 valence electrons. The van der Waals surface area contributed by atoms with E-state index in [4.69, 9.17) is 11.6 Å². The summed E-state index contributed by atoms with van der Waals surface area (Å²) in [6, 6.07) is 21.0. The van der Waals surface area contributed by atoms with Crippen LogP contribution in [-0.4, -0.2) is 18.4 Å². The van der Waals surface area contributed by atoms with Gasteiger partial charge in [-0.2, -0.15) is 0 Å². The monoisotopic (exact) mass is 438 g/mol. The number of benzene rings is 3. The molecule has 0 unspecified atom stereocenters. The zero-order valence-corrected chi connectivity index (χ0v) is 17.7. The van der Waals surface area contributed by atoms with Gasteiger partial charge in [0.15, 0.2) is 11.6 Å². The summed E-state index contributed by atoms with van der Waals surface area (Å²) in [5, 5.41) is 3.70. The van der Waals surface area contributed by atoms with Gasteiger partial charge in [-0.05, 0) is 54.4 Å². The fourth-order valence-corrected chi connectivity index (χ4v) is 4.17. The van der Waals surface area contributed by atoms with Crippen LogP contribution in [0.3, 0.4) is 0 Å². The smallest absolute Gasteiger partial charge is 0.263 e. The lowest BCUT2D eigenvalue weighted by Gasteiger charge is -2.15. The molecule has 0 saturated carbocycles. The van der Waals surface area contributed by atoms with Crippen LogP contribution in [-0.2, 0) is 16.4 Å². The Labute approximate surface area is 180 Å². The Morgan fingerprint density at radius 3 is 2.10 bits per heavy atom. The van der Waals surface area contributed by atoms with Crippen LogP contribution in [0, 0.1) is 0 Å². The largest absolute Gasteiger partial charge is 0.337 e. The summed E-state index contributed by atoms with van der Waals surface area (Å²) >= 11 is 5.88. The van der Waals surface area contributed by atoms with E-state index in [0.717, 1.165) is 17.7 Å². The maximum Gasteiger partial charge on any atom is 0.263 e. The molecule has 0 aliphatic rings. The lowest BCUT2D eigenvalue weighted by molar-refractivity contribution is 0.601. The quantitative estimate of drug-likeness (QED) is 0.421. The molecule has 0 amide bonds. The Morgan fingerprint density at radius 2 is 1.43 bits per heavy atom. The Balaban J connectivity index is 1.79. The molecule has 0 aliphatic heterocycles. The molecule has 3 aromatic carbocycles. The van der Waals surface area contributed by atoms with E-state index >= 15 is 0 Å². The third-order valence-electron chi connectivity index (χ3n) is 4.58. The summed E-state index contributed by atoms with van der Waals surface area (Å²) in [7, 11) is -3.88. The molecule has 0 fully saturated rings. The number of sulfonamides is 1. The summed E-state index contributed by atoms with van der Waals surface area (Å²) in [5.41, 5.74) is 3.17. The fraction of sp³-hybridized carbons (Fsp3) is 0.0909. The number of rotatable bonds is 6. The summed E-state index contributed by atoms with van der Waals surface area (Å²) in [4.78, 5) is 9.21. The first-order valence-electron chi connectivity index (χ1n) is 9.36. The number of para-hydroxylation sites is 3. The van der Waals surface area contributed by atoms with E-state index in [1.807, 2.05) is 42.5 Å². The zero-order valence-electron chi connectivity index (χ0n) is 16.1. The summed E-state index contributed by atoms with van der Waals surface area (Å²) < 4.78 is 28.4. The van der Waals surface area contributed by atoms with Gasteiger partial charge in [0.25, 0.3) is 10.0 Å². The van der Waals surface area contributed by atoms with Gasteiger partial charge in [0.2, 0.25) is 0 Å². The SMILES string of the molecule is CCc1ccccc1Nc1nc2ccccc2nc1NS(=O)(=O)c1ccc(Cl)cc1. The van der Waals surface area contributed by atoms with Crippen LogP contribution < -0.4 is 10.0 Å². The second-order valence-corrected chi connectivity index (χ2v) is 8.72. The van der Waals surface area contributed by atoms with Crippen LogP contribution in [0.1, 0.15) is 12.5 Å². The first kappa shape index (κ1) is 20.1. The summed E-state index contributed by atoms with van der Waals surface area (Å²) in [5.74, 6) is 0.446. The first-order valence-corrected chi connectivity index (χ1v) is 11.2. The van der Waals surface area contributed by atoms with E-state index in [0.29, 0.717) is 21.9 Å². The number of aromatic nitrogens is 2. The average Bonchev–Trinajstić information content (AvgIpc) is 2.74. The molecule has 2 N–H and O–H groups in total. The third kappa shape index (κ3) is 4.22. The van der Waals surface area contributed by atoms with Crippen molar-refractivity contribution in [2.24, 2.45) is 0 Å². The van der Waals surface area contributed by atoms with E-state index in [-0.39, 0.29) is 10.7 Å². The molecule has 0 atom stereocenters. The standard InChI is InChI=1S/C22H19ClN4O2S/c1-2-15-7-3-4-8-18(15)24-21-22(26-20-10-6-5-9-19(20)25-21)27-30(28,29)17-13-11-16(23)12-14-17/h3-14H,2H2,1H3,(H,24,25)(H,26,27). The van der Waals surface area contributed by atoms with Crippen LogP contribution in [0.4, 0.5) is 17.3 Å². The zero-order chi connectivity index (χ0) is 21.1. The molecule has 4 aromatic rings. The van der Waals surface area contributed by atoms with Crippen molar-refractivity contribution >= 4 is 50.0 Å². The minimum atomic E-state index is -3.88. The van der Waals surface area contributed by atoms with Gasteiger partial charge < -0.3 is 5.32 Å². The number of hydrogen-bond acceptors (Lipinski definition) is 5. The number of anilines is 3. The van der Waals surface area contributed by atoms with Crippen LogP contribution in [0.5, 0.6) is 0 Å². The molecule has 6 nitrogen and oxygen atoms in total. The van der Waals surface area contributed by atoms with Gasteiger partial charge in [0.05, 0.1) is 15.9 Å². The van der Waals surface area contributed by atoms with E-state index in [1.54, 1.807) is 6.07 Å². The minimum absolute atomic E-state index is 0.0850. The molecule has 30 heavy (non-hydrogen) atoms. The molecule has 1 heterocycles. The maximum atomic E-state index is 12.9. The van der Waals surface area contributed by atoms with Crippen LogP contribution in [0.15, 0.2) is 77.7 Å². The van der Waals surface area contributed by atoms with E-state index in [1.165, 1.54) is 24.3 Å². The lowest BCUT2D eigenvalue weighted by atomic mass is 10.1. The maximum absolute atomic E-state index is 12.9. The van der Waals surface area contributed by atoms with Crippen LogP contribution in [0.2, 0.25) is 5.02 Å². The normalized spacial score (nSPS) is 11.4. The highest BCUT2D eigenvalue weighted by atomic mass is 35.5. The topological polar surface area (TPSA) is 84.0 Å². The van der Waals surface area contributed by atoms with Gasteiger partial charge in [0.1, 0.15) is 0 Å². The minimum Gasteiger partial charge on any atom is -0.337 e. The van der Waals surface area contributed by atoms with Gasteiger partial charge in [-0.1, -0.05) is 48.9 Å². The highest BCUT2D eigenvalue weighted by Crippen LogP contribution is 2.29. The predicted molar refractivity (Wildman–Crippen MR) is 121 cm³/mol. The van der Waals surface area contributed by atoms with Crippen molar-refractivity contribution in [1.82, 2.24) is 9.97 Å². The van der Waals surface area contributed by atoms with Crippen LogP contribution >= 0.6 is 11.6 Å². The highest BCUT2D eigenvalue weighted by Gasteiger charge is 2.19. The highest BCUT2D eigenvalue weighted by molar-refractivity contribution is 7.92.